The van der Waals surface area contributed by atoms with E-state index in [2.05, 4.69) is 13.8 Å². The molecular formula is C29H43NO4. The van der Waals surface area contributed by atoms with E-state index in [1.165, 1.54) is 32.1 Å². The van der Waals surface area contributed by atoms with Crippen LogP contribution in [0, 0.1) is 17.8 Å². The fourth-order valence-electron chi connectivity index (χ4n) is 7.53. The molecule has 4 rings (SSSR count). The maximum absolute atomic E-state index is 12.8. The van der Waals surface area contributed by atoms with Gasteiger partial charge in [-0.2, -0.15) is 0 Å². The number of hydrogen-bond donors (Lipinski definition) is 3. The van der Waals surface area contributed by atoms with Gasteiger partial charge >= 0.3 is 0 Å². The van der Waals surface area contributed by atoms with Crippen LogP contribution in [0.15, 0.2) is 12.1 Å². The monoisotopic (exact) mass is 469 g/mol. The second kappa shape index (κ2) is 10.0. The van der Waals surface area contributed by atoms with Crippen LogP contribution in [-0.2, 0) is 16.6 Å². The molecule has 4 atom stereocenters. The van der Waals surface area contributed by atoms with Crippen molar-refractivity contribution in [3.05, 3.63) is 28.8 Å². The van der Waals surface area contributed by atoms with E-state index in [0.29, 0.717) is 24.8 Å². The second-order valence-electron chi connectivity index (χ2n) is 11.5. The van der Waals surface area contributed by atoms with E-state index < -0.39 is 16.9 Å². The molecule has 0 radical (unpaired) electrons. The minimum atomic E-state index is -1.07. The zero-order valence-electron chi connectivity index (χ0n) is 21.1. The molecule has 2 fully saturated rings. The molecule has 3 aliphatic rings. The summed E-state index contributed by atoms with van der Waals surface area (Å²) in [7, 11) is 0. The summed E-state index contributed by atoms with van der Waals surface area (Å²) in [6.07, 6.45) is 12.5. The van der Waals surface area contributed by atoms with Crippen LogP contribution in [0.2, 0.25) is 0 Å². The summed E-state index contributed by atoms with van der Waals surface area (Å²) in [5.74, 6) is 1.07. The molecule has 0 spiro atoms. The van der Waals surface area contributed by atoms with E-state index in [-0.39, 0.29) is 29.4 Å². The Hall–Kier alpha value is -1.88. The first-order valence-electron chi connectivity index (χ1n) is 13.6. The molecule has 4 unspecified atom stereocenters. The fourth-order valence-corrected chi connectivity index (χ4v) is 7.53. The number of ketones is 1. The van der Waals surface area contributed by atoms with Crippen LogP contribution >= 0.6 is 0 Å². The molecule has 3 aliphatic carbocycles. The lowest BCUT2D eigenvalue weighted by Crippen LogP contribution is -2.59. The maximum Gasteiger partial charge on any atom is 0.252 e. The molecule has 5 heteroatoms. The predicted molar refractivity (Wildman–Crippen MR) is 134 cm³/mol. The minimum absolute atomic E-state index is 0.0648. The number of aliphatic hydroxyl groups is 1. The first-order valence-corrected chi connectivity index (χ1v) is 13.6. The number of nitrogens with two attached hydrogens (primary N) is 1. The number of rotatable bonds is 9. The van der Waals surface area contributed by atoms with E-state index in [0.717, 1.165) is 49.5 Å². The average Bonchev–Trinajstić information content (AvgIpc) is 2.84. The predicted octanol–water partition coefficient (Wildman–Crippen LogP) is 5.57. The van der Waals surface area contributed by atoms with Gasteiger partial charge < -0.3 is 15.9 Å². The fraction of sp³-hybridized carbons (Fsp3) is 0.724. The van der Waals surface area contributed by atoms with Crippen LogP contribution in [0.3, 0.4) is 0 Å². The first-order chi connectivity index (χ1) is 16.2. The highest BCUT2D eigenvalue weighted by atomic mass is 16.3. The van der Waals surface area contributed by atoms with E-state index >= 15 is 0 Å². The van der Waals surface area contributed by atoms with Crippen molar-refractivity contribution in [1.82, 2.24) is 0 Å². The Morgan fingerprint density at radius 2 is 1.97 bits per heavy atom. The Bertz CT molecular complexity index is 923. The summed E-state index contributed by atoms with van der Waals surface area (Å²) in [5, 5.41) is 23.8. The Morgan fingerprint density at radius 1 is 1.21 bits per heavy atom. The normalized spacial score (nSPS) is 30.1. The number of carbonyl (C=O) groups excluding carboxylic acids is 2. The molecule has 1 aromatic rings. The molecule has 0 aliphatic heterocycles. The lowest BCUT2D eigenvalue weighted by molar-refractivity contribution is -0.147. The van der Waals surface area contributed by atoms with Crippen molar-refractivity contribution in [2.75, 3.05) is 0 Å². The van der Waals surface area contributed by atoms with Crippen molar-refractivity contribution in [3.8, 4) is 5.75 Å². The number of aromatic hydroxyl groups is 1. The lowest BCUT2D eigenvalue weighted by atomic mass is 9.53. The molecule has 1 amide bonds. The Morgan fingerprint density at radius 3 is 2.62 bits per heavy atom. The summed E-state index contributed by atoms with van der Waals surface area (Å²) in [5.41, 5.74) is 5.27. The number of carbonyl (C=O) groups is 2. The highest BCUT2D eigenvalue weighted by molar-refractivity contribution is 5.96. The van der Waals surface area contributed by atoms with E-state index in [1.54, 1.807) is 6.07 Å². The van der Waals surface area contributed by atoms with Gasteiger partial charge in [0.2, 0.25) is 0 Å². The highest BCUT2D eigenvalue weighted by Gasteiger charge is 2.60. The van der Waals surface area contributed by atoms with Gasteiger partial charge in [-0.15, -0.1) is 0 Å². The average molecular weight is 470 g/mol. The van der Waals surface area contributed by atoms with Gasteiger partial charge in [0.05, 0.1) is 11.2 Å². The topological polar surface area (TPSA) is 101 Å². The third-order valence-electron chi connectivity index (χ3n) is 9.65. The lowest BCUT2D eigenvalue weighted by Gasteiger charge is -2.54. The Balaban J connectivity index is 1.66. The summed E-state index contributed by atoms with van der Waals surface area (Å²) in [4.78, 5) is 24.9. The molecule has 5 nitrogen and oxygen atoms in total. The van der Waals surface area contributed by atoms with Gasteiger partial charge in [0, 0.05) is 23.8 Å². The number of unbranched alkanes of at least 4 members (excludes halogenated alkanes) is 1. The smallest absolute Gasteiger partial charge is 0.252 e. The van der Waals surface area contributed by atoms with Crippen LogP contribution in [0.4, 0.5) is 0 Å². The number of amides is 1. The molecule has 0 heterocycles. The Labute approximate surface area is 204 Å². The van der Waals surface area contributed by atoms with Crippen molar-refractivity contribution >= 4 is 11.7 Å². The molecule has 0 saturated heterocycles. The van der Waals surface area contributed by atoms with Crippen LogP contribution in [0.5, 0.6) is 5.75 Å². The number of aryl methyl sites for hydroxylation is 1. The summed E-state index contributed by atoms with van der Waals surface area (Å²) in [6.45, 7) is 4.45. The quantitative estimate of drug-likeness (QED) is 0.411. The SMILES string of the molecule is CCCC12CC(=O)CCC1(O)C(CCCCC(C)C1CCC1)CCc1ccc(C(N)=O)c(O)c12. The van der Waals surface area contributed by atoms with E-state index in [4.69, 9.17) is 5.73 Å². The summed E-state index contributed by atoms with van der Waals surface area (Å²) < 4.78 is 0. The minimum Gasteiger partial charge on any atom is -0.507 e. The van der Waals surface area contributed by atoms with Crippen LogP contribution in [-0.4, -0.2) is 27.5 Å². The van der Waals surface area contributed by atoms with E-state index in [9.17, 15) is 19.8 Å². The standard InChI is InChI=1S/C29H43NO4/c1-3-16-28-18-23(31)15-17-29(28,34)22(10-5-4-7-19(2)20-8-6-9-20)13-11-21-12-14-24(27(30)33)26(32)25(21)28/h12,14,19-20,22,32,34H,3-11,13,15-18H2,1-2H3,(H2,30,33). The second-order valence-corrected chi connectivity index (χ2v) is 11.5. The van der Waals surface area contributed by atoms with Crippen molar-refractivity contribution in [2.24, 2.45) is 23.5 Å². The van der Waals surface area contributed by atoms with E-state index in [1.807, 2.05) is 6.07 Å². The van der Waals surface area contributed by atoms with Gasteiger partial charge in [-0.1, -0.05) is 64.9 Å². The number of hydrogen-bond acceptors (Lipinski definition) is 4. The first kappa shape index (κ1) is 25.2. The molecule has 2 saturated carbocycles. The maximum atomic E-state index is 12.8. The van der Waals surface area contributed by atoms with Gasteiger partial charge in [-0.25, -0.2) is 0 Å². The van der Waals surface area contributed by atoms with Gasteiger partial charge in [-0.3, -0.25) is 9.59 Å². The van der Waals surface area contributed by atoms with Gasteiger partial charge in [0.1, 0.15) is 11.5 Å². The van der Waals surface area contributed by atoms with Crippen molar-refractivity contribution in [3.63, 3.8) is 0 Å². The number of fused-ring (bicyclic) bond motifs is 3. The molecular weight excluding hydrogens is 426 g/mol. The number of phenols is 1. The zero-order chi connectivity index (χ0) is 24.5. The number of primary amides is 1. The third kappa shape index (κ3) is 4.29. The third-order valence-corrected chi connectivity index (χ3v) is 9.65. The molecule has 0 aromatic heterocycles. The van der Waals surface area contributed by atoms with Crippen LogP contribution < -0.4 is 5.73 Å². The van der Waals surface area contributed by atoms with Crippen molar-refractivity contribution in [1.29, 1.82) is 0 Å². The molecule has 188 valence electrons. The van der Waals surface area contributed by atoms with Crippen molar-refractivity contribution < 1.29 is 19.8 Å². The highest BCUT2D eigenvalue weighted by Crippen LogP contribution is 2.58. The van der Waals surface area contributed by atoms with Crippen molar-refractivity contribution in [2.45, 2.75) is 115 Å². The van der Waals surface area contributed by atoms with Crippen LogP contribution in [0.1, 0.15) is 119 Å². The molecule has 1 aromatic carbocycles. The van der Waals surface area contributed by atoms with Gasteiger partial charge in [-0.05, 0) is 61.5 Å². The molecule has 0 bridgehead atoms. The van der Waals surface area contributed by atoms with Gasteiger partial charge in [0.15, 0.2) is 0 Å². The number of Topliss-reactive ketones (excluding diaryl/α,β-unsaturated/α-hetero) is 1. The largest absolute Gasteiger partial charge is 0.507 e. The molecule has 4 N–H and O–H groups in total. The van der Waals surface area contributed by atoms with Crippen LogP contribution in [0.25, 0.3) is 0 Å². The Kier molecular flexibility index (Phi) is 7.42. The summed E-state index contributed by atoms with van der Waals surface area (Å²) in [6, 6.07) is 3.48. The zero-order valence-corrected chi connectivity index (χ0v) is 21.1. The number of benzene rings is 1. The molecule has 34 heavy (non-hydrogen) atoms. The summed E-state index contributed by atoms with van der Waals surface area (Å²) >= 11 is 0. The van der Waals surface area contributed by atoms with Gasteiger partial charge in [0.25, 0.3) is 5.91 Å².